The van der Waals surface area contributed by atoms with Crippen LogP contribution in [0, 0.1) is 6.92 Å². The fourth-order valence-electron chi connectivity index (χ4n) is 2.31. The largest absolute Gasteiger partial charge is 0.309 e. The van der Waals surface area contributed by atoms with E-state index in [2.05, 4.69) is 15.3 Å². The third-order valence-corrected chi connectivity index (χ3v) is 3.48. The van der Waals surface area contributed by atoms with Crippen molar-refractivity contribution in [3.63, 3.8) is 0 Å². The van der Waals surface area contributed by atoms with Gasteiger partial charge in [-0.05, 0) is 12.5 Å². The molecule has 1 heterocycles. The van der Waals surface area contributed by atoms with E-state index in [1.165, 1.54) is 0 Å². The lowest BCUT2D eigenvalue weighted by atomic mass is 10.1. The summed E-state index contributed by atoms with van der Waals surface area (Å²) in [5.41, 5.74) is 3.47. The summed E-state index contributed by atoms with van der Waals surface area (Å²) in [4.78, 5) is 21.0. The van der Waals surface area contributed by atoms with Crippen LogP contribution in [0.3, 0.4) is 0 Å². The molecule has 0 aliphatic carbocycles. The molecule has 0 radical (unpaired) electrons. The van der Waals surface area contributed by atoms with E-state index >= 15 is 0 Å². The highest BCUT2D eigenvalue weighted by Gasteiger charge is 2.09. The number of aromatic nitrogens is 2. The summed E-state index contributed by atoms with van der Waals surface area (Å²) in [6, 6.07) is 19.5. The maximum Gasteiger partial charge on any atom is 0.229 e. The van der Waals surface area contributed by atoms with E-state index in [0.29, 0.717) is 17.9 Å². The van der Waals surface area contributed by atoms with Crippen molar-refractivity contribution >= 4 is 11.7 Å². The van der Waals surface area contributed by atoms with Crippen LogP contribution < -0.4 is 5.32 Å². The average Bonchev–Trinajstić information content (AvgIpc) is 2.58. The monoisotopic (exact) mass is 303 g/mol. The fourth-order valence-corrected chi connectivity index (χ4v) is 2.31. The van der Waals surface area contributed by atoms with Crippen molar-refractivity contribution < 1.29 is 4.79 Å². The van der Waals surface area contributed by atoms with Gasteiger partial charge in [0.05, 0.1) is 24.0 Å². The van der Waals surface area contributed by atoms with Crippen LogP contribution in [-0.4, -0.2) is 15.9 Å². The Hall–Kier alpha value is -3.01. The number of hydrogen-bond acceptors (Lipinski definition) is 3. The smallest absolute Gasteiger partial charge is 0.229 e. The second-order valence-corrected chi connectivity index (χ2v) is 5.27. The van der Waals surface area contributed by atoms with Gasteiger partial charge in [0.1, 0.15) is 0 Å². The molecule has 0 atom stereocenters. The minimum atomic E-state index is -0.0962. The molecule has 0 aliphatic heterocycles. The molecule has 1 aromatic heterocycles. The third kappa shape index (κ3) is 3.80. The minimum absolute atomic E-state index is 0.0962. The van der Waals surface area contributed by atoms with E-state index in [0.717, 1.165) is 16.8 Å². The van der Waals surface area contributed by atoms with E-state index < -0.39 is 0 Å². The van der Waals surface area contributed by atoms with Crippen LogP contribution in [0.1, 0.15) is 11.3 Å². The number of carbonyl (C=O) groups is 1. The van der Waals surface area contributed by atoms with Gasteiger partial charge in [-0.15, -0.1) is 0 Å². The molecule has 114 valence electrons. The highest BCUT2D eigenvalue weighted by molar-refractivity contribution is 5.91. The number of anilines is 1. The number of nitrogens with zero attached hydrogens (tertiary/aromatic N) is 2. The van der Waals surface area contributed by atoms with E-state index in [4.69, 9.17) is 0 Å². The predicted molar refractivity (Wildman–Crippen MR) is 91.0 cm³/mol. The first-order valence-corrected chi connectivity index (χ1v) is 7.45. The lowest BCUT2D eigenvalue weighted by molar-refractivity contribution is -0.115. The number of hydrogen-bond donors (Lipinski definition) is 1. The summed E-state index contributed by atoms with van der Waals surface area (Å²) in [6.45, 7) is 1.84. The maximum atomic E-state index is 12.1. The maximum absolute atomic E-state index is 12.1. The SMILES string of the molecule is Cc1nc(-c2ccccc2)cnc1NC(=O)Cc1ccccc1. The van der Waals surface area contributed by atoms with Crippen LogP contribution in [-0.2, 0) is 11.2 Å². The Balaban J connectivity index is 1.73. The zero-order valence-corrected chi connectivity index (χ0v) is 12.9. The van der Waals surface area contributed by atoms with E-state index in [-0.39, 0.29) is 5.91 Å². The average molecular weight is 303 g/mol. The molecule has 0 fully saturated rings. The lowest BCUT2D eigenvalue weighted by Crippen LogP contribution is -2.16. The molecule has 4 nitrogen and oxygen atoms in total. The fraction of sp³-hybridized carbons (Fsp3) is 0.105. The van der Waals surface area contributed by atoms with Crippen LogP contribution in [0.25, 0.3) is 11.3 Å². The van der Waals surface area contributed by atoms with E-state index in [1.807, 2.05) is 67.6 Å². The molecule has 3 aromatic rings. The quantitative estimate of drug-likeness (QED) is 0.800. The van der Waals surface area contributed by atoms with Gasteiger partial charge < -0.3 is 5.32 Å². The Labute approximate surface area is 135 Å². The van der Waals surface area contributed by atoms with Crippen molar-refractivity contribution in [3.8, 4) is 11.3 Å². The Kier molecular flexibility index (Phi) is 4.43. The molecule has 4 heteroatoms. The molecule has 3 rings (SSSR count). The Bertz CT molecular complexity index is 801. The first-order chi connectivity index (χ1) is 11.2. The second-order valence-electron chi connectivity index (χ2n) is 5.27. The van der Waals surface area contributed by atoms with Crippen molar-refractivity contribution in [2.24, 2.45) is 0 Å². The summed E-state index contributed by atoms with van der Waals surface area (Å²) in [7, 11) is 0. The number of rotatable bonds is 4. The summed E-state index contributed by atoms with van der Waals surface area (Å²) in [5.74, 6) is 0.409. The molecule has 0 spiro atoms. The molecular formula is C19H17N3O. The number of aryl methyl sites for hydroxylation is 1. The normalized spacial score (nSPS) is 10.3. The number of benzene rings is 2. The topological polar surface area (TPSA) is 54.9 Å². The van der Waals surface area contributed by atoms with Gasteiger partial charge >= 0.3 is 0 Å². The molecule has 0 saturated carbocycles. The number of amides is 1. The van der Waals surface area contributed by atoms with Crippen molar-refractivity contribution in [2.45, 2.75) is 13.3 Å². The lowest BCUT2D eigenvalue weighted by Gasteiger charge is -2.08. The molecule has 1 amide bonds. The van der Waals surface area contributed by atoms with Gasteiger partial charge in [-0.1, -0.05) is 60.7 Å². The molecule has 2 aromatic carbocycles. The Morgan fingerprint density at radius 2 is 1.65 bits per heavy atom. The molecule has 0 aliphatic rings. The van der Waals surface area contributed by atoms with Gasteiger partial charge in [0.15, 0.2) is 5.82 Å². The van der Waals surface area contributed by atoms with E-state index in [1.54, 1.807) is 6.20 Å². The van der Waals surface area contributed by atoms with Crippen LogP contribution in [0.2, 0.25) is 0 Å². The number of nitrogens with one attached hydrogen (secondary N) is 1. The molecular weight excluding hydrogens is 286 g/mol. The van der Waals surface area contributed by atoms with Crippen molar-refractivity contribution in [1.29, 1.82) is 0 Å². The predicted octanol–water partition coefficient (Wildman–Crippen LogP) is 3.63. The molecule has 23 heavy (non-hydrogen) atoms. The van der Waals surface area contributed by atoms with Crippen LogP contribution in [0.5, 0.6) is 0 Å². The summed E-state index contributed by atoms with van der Waals surface area (Å²) in [6.07, 6.45) is 2.00. The van der Waals surface area contributed by atoms with Gasteiger partial charge in [0, 0.05) is 5.56 Å². The zero-order chi connectivity index (χ0) is 16.1. The standard InChI is InChI=1S/C19H17N3O/c1-14-19(22-18(23)12-15-8-4-2-5-9-15)20-13-17(21-14)16-10-6-3-7-11-16/h2-11,13H,12H2,1H3,(H,20,22,23). The zero-order valence-electron chi connectivity index (χ0n) is 12.9. The second kappa shape index (κ2) is 6.83. The van der Waals surface area contributed by atoms with Gasteiger partial charge in [-0.2, -0.15) is 0 Å². The van der Waals surface area contributed by atoms with E-state index in [9.17, 15) is 4.79 Å². The minimum Gasteiger partial charge on any atom is -0.309 e. The van der Waals surface area contributed by atoms with Gasteiger partial charge in [0.2, 0.25) is 5.91 Å². The van der Waals surface area contributed by atoms with Gasteiger partial charge in [0.25, 0.3) is 0 Å². The first kappa shape index (κ1) is 14.9. The third-order valence-electron chi connectivity index (χ3n) is 3.48. The summed E-state index contributed by atoms with van der Waals surface area (Å²) < 4.78 is 0. The molecule has 0 unspecified atom stereocenters. The van der Waals surface area contributed by atoms with Crippen LogP contribution >= 0.6 is 0 Å². The first-order valence-electron chi connectivity index (χ1n) is 7.45. The summed E-state index contributed by atoms with van der Waals surface area (Å²) in [5, 5.41) is 2.82. The van der Waals surface area contributed by atoms with Crippen molar-refractivity contribution in [2.75, 3.05) is 5.32 Å². The highest BCUT2D eigenvalue weighted by atomic mass is 16.1. The van der Waals surface area contributed by atoms with Gasteiger partial charge in [-0.3, -0.25) is 4.79 Å². The Morgan fingerprint density at radius 3 is 2.30 bits per heavy atom. The summed E-state index contributed by atoms with van der Waals surface area (Å²) >= 11 is 0. The van der Waals surface area contributed by atoms with Crippen molar-refractivity contribution in [3.05, 3.63) is 78.1 Å². The molecule has 0 bridgehead atoms. The van der Waals surface area contributed by atoms with Crippen molar-refractivity contribution in [1.82, 2.24) is 9.97 Å². The van der Waals surface area contributed by atoms with Gasteiger partial charge in [-0.25, -0.2) is 9.97 Å². The Morgan fingerprint density at radius 1 is 1.00 bits per heavy atom. The van der Waals surface area contributed by atoms with Crippen LogP contribution in [0.15, 0.2) is 66.9 Å². The number of carbonyl (C=O) groups excluding carboxylic acids is 1. The molecule has 0 saturated heterocycles. The highest BCUT2D eigenvalue weighted by Crippen LogP contribution is 2.18. The molecule has 1 N–H and O–H groups in total. The van der Waals surface area contributed by atoms with Crippen LogP contribution in [0.4, 0.5) is 5.82 Å².